The highest BCUT2D eigenvalue weighted by atomic mass is 19.4. The molecule has 1 atom stereocenters. The van der Waals surface area contributed by atoms with Crippen molar-refractivity contribution in [2.45, 2.75) is 32.4 Å². The van der Waals surface area contributed by atoms with E-state index >= 15 is 0 Å². The van der Waals surface area contributed by atoms with Crippen molar-refractivity contribution in [2.75, 3.05) is 13.2 Å². The molecule has 0 fully saturated rings. The van der Waals surface area contributed by atoms with Crippen molar-refractivity contribution < 1.29 is 23.0 Å². The minimum absolute atomic E-state index is 0.0157. The fourth-order valence-corrected chi connectivity index (χ4v) is 1.46. The Kier molecular flexibility index (Phi) is 4.95. The van der Waals surface area contributed by atoms with Gasteiger partial charge in [-0.15, -0.1) is 0 Å². The number of pyridine rings is 1. The van der Waals surface area contributed by atoms with Crippen LogP contribution < -0.4 is 4.74 Å². The van der Waals surface area contributed by atoms with E-state index < -0.39 is 11.7 Å². The number of aliphatic hydroxyl groups is 1. The van der Waals surface area contributed by atoms with Crippen LogP contribution in [0.25, 0.3) is 0 Å². The summed E-state index contributed by atoms with van der Waals surface area (Å²) in [5.74, 6) is 0.0693. The number of hydrogen-bond acceptors (Lipinski definition) is 3. The molecule has 1 rings (SSSR count). The van der Waals surface area contributed by atoms with Crippen LogP contribution in [-0.2, 0) is 6.18 Å². The van der Waals surface area contributed by atoms with E-state index in [-0.39, 0.29) is 25.0 Å². The van der Waals surface area contributed by atoms with Crippen molar-refractivity contribution >= 4 is 0 Å². The number of nitrogens with zero attached hydrogens (tertiary/aromatic N) is 1. The first kappa shape index (κ1) is 14.8. The molecular formula is C12H16F3NO2. The Morgan fingerprint density at radius 3 is 2.61 bits per heavy atom. The summed E-state index contributed by atoms with van der Waals surface area (Å²) in [4.78, 5) is 3.70. The summed E-state index contributed by atoms with van der Waals surface area (Å²) >= 11 is 0. The molecule has 1 heterocycles. The predicted molar refractivity (Wildman–Crippen MR) is 60.5 cm³/mol. The highest BCUT2D eigenvalue weighted by molar-refractivity contribution is 5.34. The number of ether oxygens (including phenoxy) is 1. The molecule has 1 unspecified atom stereocenters. The highest BCUT2D eigenvalue weighted by Crippen LogP contribution is 2.34. The minimum Gasteiger partial charge on any atom is -0.475 e. The third-order valence-corrected chi connectivity index (χ3v) is 2.68. The molecule has 1 N–H and O–H groups in total. The summed E-state index contributed by atoms with van der Waals surface area (Å²) in [6.45, 7) is 3.49. The van der Waals surface area contributed by atoms with Crippen molar-refractivity contribution in [2.24, 2.45) is 0 Å². The summed E-state index contributed by atoms with van der Waals surface area (Å²) in [5.41, 5.74) is -0.366. The van der Waals surface area contributed by atoms with Gasteiger partial charge in [0, 0.05) is 11.8 Å². The monoisotopic (exact) mass is 263 g/mol. The molecule has 0 aliphatic carbocycles. The van der Waals surface area contributed by atoms with Crippen molar-refractivity contribution in [3.8, 4) is 5.88 Å². The minimum atomic E-state index is -4.41. The molecule has 6 heteroatoms. The topological polar surface area (TPSA) is 42.4 Å². The number of hydrogen-bond donors (Lipinski definition) is 1. The first-order chi connectivity index (χ1) is 8.40. The van der Waals surface area contributed by atoms with Gasteiger partial charge in [0.2, 0.25) is 5.88 Å². The fourth-order valence-electron chi connectivity index (χ4n) is 1.46. The Morgan fingerprint density at radius 2 is 2.11 bits per heavy atom. The van der Waals surface area contributed by atoms with E-state index in [9.17, 15) is 13.2 Å². The molecule has 102 valence electrons. The van der Waals surface area contributed by atoms with Crippen molar-refractivity contribution in [1.29, 1.82) is 0 Å². The van der Waals surface area contributed by atoms with Crippen LogP contribution in [-0.4, -0.2) is 23.3 Å². The summed E-state index contributed by atoms with van der Waals surface area (Å²) in [6, 6.07) is 1.06. The number of aliphatic hydroxyl groups excluding tert-OH is 1. The van der Waals surface area contributed by atoms with E-state index in [0.29, 0.717) is 12.0 Å². The maximum Gasteiger partial charge on any atom is 0.417 e. The Hall–Kier alpha value is -1.30. The molecule has 0 aliphatic heterocycles. The van der Waals surface area contributed by atoms with Crippen LogP contribution >= 0.6 is 0 Å². The van der Waals surface area contributed by atoms with Gasteiger partial charge in [0.15, 0.2) is 0 Å². The zero-order valence-corrected chi connectivity index (χ0v) is 10.3. The first-order valence-corrected chi connectivity index (χ1v) is 5.71. The van der Waals surface area contributed by atoms with E-state index in [0.717, 1.165) is 12.3 Å². The average Bonchev–Trinajstić information content (AvgIpc) is 2.34. The Balaban J connectivity index is 3.12. The molecule has 0 radical (unpaired) electrons. The lowest BCUT2D eigenvalue weighted by molar-refractivity contribution is -0.137. The van der Waals surface area contributed by atoms with E-state index in [1.165, 1.54) is 0 Å². The van der Waals surface area contributed by atoms with Gasteiger partial charge < -0.3 is 9.84 Å². The number of aromatic nitrogens is 1. The Morgan fingerprint density at radius 1 is 1.44 bits per heavy atom. The smallest absolute Gasteiger partial charge is 0.417 e. The van der Waals surface area contributed by atoms with Gasteiger partial charge in [0.25, 0.3) is 0 Å². The second-order valence-corrected chi connectivity index (χ2v) is 4.00. The van der Waals surface area contributed by atoms with Crippen LogP contribution in [0, 0.1) is 0 Å². The maximum absolute atomic E-state index is 12.6. The fraction of sp³-hybridized carbons (Fsp3) is 0.583. The Labute approximate surface area is 104 Å². The zero-order valence-electron chi connectivity index (χ0n) is 10.3. The average molecular weight is 263 g/mol. The van der Waals surface area contributed by atoms with Gasteiger partial charge >= 0.3 is 6.18 Å². The first-order valence-electron chi connectivity index (χ1n) is 5.71. The van der Waals surface area contributed by atoms with Gasteiger partial charge in [-0.05, 0) is 18.4 Å². The Bertz CT molecular complexity index is 393. The van der Waals surface area contributed by atoms with Gasteiger partial charge in [-0.3, -0.25) is 0 Å². The molecule has 0 bridgehead atoms. The standard InChI is InChI=1S/C12H16F3NO2/c1-3-8(2)10-6-9(12(13,14)15)7-16-11(10)18-5-4-17/h6-8,17H,3-5H2,1-2H3. The zero-order chi connectivity index (χ0) is 13.8. The van der Waals surface area contributed by atoms with Crippen LogP contribution in [0.4, 0.5) is 13.2 Å². The summed E-state index contributed by atoms with van der Waals surface area (Å²) in [5, 5.41) is 8.67. The second kappa shape index (κ2) is 6.04. The third kappa shape index (κ3) is 3.60. The number of halogens is 3. The molecule has 1 aromatic heterocycles. The summed E-state index contributed by atoms with van der Waals surface area (Å²) in [6.07, 6.45) is -2.98. The van der Waals surface area contributed by atoms with E-state index in [2.05, 4.69) is 4.98 Å². The second-order valence-electron chi connectivity index (χ2n) is 4.00. The van der Waals surface area contributed by atoms with Crippen molar-refractivity contribution in [1.82, 2.24) is 4.98 Å². The molecule has 0 aliphatic rings. The van der Waals surface area contributed by atoms with Gasteiger partial charge in [0.05, 0.1) is 12.2 Å². The van der Waals surface area contributed by atoms with Crippen molar-refractivity contribution in [3.63, 3.8) is 0 Å². The normalized spacial score (nSPS) is 13.4. The summed E-state index contributed by atoms with van der Waals surface area (Å²) in [7, 11) is 0. The van der Waals surface area contributed by atoms with Crippen LogP contribution in [0.1, 0.15) is 37.3 Å². The lowest BCUT2D eigenvalue weighted by Crippen LogP contribution is -2.11. The number of rotatable bonds is 5. The van der Waals surface area contributed by atoms with Crippen LogP contribution in [0.3, 0.4) is 0 Å². The predicted octanol–water partition coefficient (Wildman–Crippen LogP) is 2.99. The lowest BCUT2D eigenvalue weighted by Gasteiger charge is -2.16. The van der Waals surface area contributed by atoms with Crippen LogP contribution in [0.5, 0.6) is 5.88 Å². The quantitative estimate of drug-likeness (QED) is 0.888. The third-order valence-electron chi connectivity index (χ3n) is 2.68. The van der Waals surface area contributed by atoms with Crippen LogP contribution in [0.2, 0.25) is 0 Å². The van der Waals surface area contributed by atoms with E-state index in [1.807, 2.05) is 13.8 Å². The molecule has 0 spiro atoms. The molecule has 0 saturated heterocycles. The van der Waals surface area contributed by atoms with Gasteiger partial charge in [0.1, 0.15) is 6.61 Å². The SMILES string of the molecule is CCC(C)c1cc(C(F)(F)F)cnc1OCCO. The van der Waals surface area contributed by atoms with Gasteiger partial charge in [-0.1, -0.05) is 13.8 Å². The molecule has 0 aromatic carbocycles. The van der Waals surface area contributed by atoms with Crippen molar-refractivity contribution in [3.05, 3.63) is 23.4 Å². The van der Waals surface area contributed by atoms with Gasteiger partial charge in [-0.25, -0.2) is 4.98 Å². The molecule has 3 nitrogen and oxygen atoms in total. The summed E-state index contributed by atoms with van der Waals surface area (Å²) < 4.78 is 42.9. The lowest BCUT2D eigenvalue weighted by atomic mass is 9.98. The molecular weight excluding hydrogens is 247 g/mol. The maximum atomic E-state index is 12.6. The number of alkyl halides is 3. The molecule has 1 aromatic rings. The largest absolute Gasteiger partial charge is 0.475 e. The molecule has 0 saturated carbocycles. The highest BCUT2D eigenvalue weighted by Gasteiger charge is 2.32. The molecule has 0 amide bonds. The molecule has 18 heavy (non-hydrogen) atoms. The van der Waals surface area contributed by atoms with Crippen LogP contribution in [0.15, 0.2) is 12.3 Å². The van der Waals surface area contributed by atoms with E-state index in [4.69, 9.17) is 9.84 Å². The van der Waals surface area contributed by atoms with E-state index in [1.54, 1.807) is 0 Å². The van der Waals surface area contributed by atoms with Gasteiger partial charge in [-0.2, -0.15) is 13.2 Å².